The highest BCUT2D eigenvalue weighted by Crippen LogP contribution is 2.20. The maximum Gasteiger partial charge on any atom is 0.269 e. The fourth-order valence-corrected chi connectivity index (χ4v) is 1.79. The standard InChI is InChI=1S/C15H14N2O4/c1-11(18)16-13-5-3-7-15(9-13)21-10-12-4-2-6-14(8-12)17(19)20/h2-9H,10H2,1H3,(H,16,18). The molecule has 1 N–H and O–H groups in total. The zero-order valence-electron chi connectivity index (χ0n) is 11.4. The third-order valence-corrected chi connectivity index (χ3v) is 2.68. The van der Waals surface area contributed by atoms with Crippen molar-refractivity contribution in [1.82, 2.24) is 0 Å². The third-order valence-electron chi connectivity index (χ3n) is 2.68. The number of benzene rings is 2. The molecule has 0 heterocycles. The lowest BCUT2D eigenvalue weighted by Crippen LogP contribution is -2.05. The Bertz CT molecular complexity index is 670. The van der Waals surface area contributed by atoms with Crippen LogP contribution >= 0.6 is 0 Å². The van der Waals surface area contributed by atoms with Gasteiger partial charge in [-0.05, 0) is 17.7 Å². The Kier molecular flexibility index (Phi) is 4.50. The molecule has 6 nitrogen and oxygen atoms in total. The zero-order valence-corrected chi connectivity index (χ0v) is 11.4. The van der Waals surface area contributed by atoms with Gasteiger partial charge in [-0.15, -0.1) is 0 Å². The molecule has 0 saturated heterocycles. The minimum absolute atomic E-state index is 0.0306. The maximum absolute atomic E-state index is 11.0. The molecule has 0 aromatic heterocycles. The van der Waals surface area contributed by atoms with E-state index < -0.39 is 4.92 Å². The lowest BCUT2D eigenvalue weighted by atomic mass is 10.2. The number of nitro benzene ring substituents is 1. The number of amides is 1. The number of nitrogens with one attached hydrogen (secondary N) is 1. The van der Waals surface area contributed by atoms with E-state index in [1.807, 2.05) is 0 Å². The van der Waals surface area contributed by atoms with Crippen molar-refractivity contribution in [3.8, 4) is 5.75 Å². The van der Waals surface area contributed by atoms with Crippen LogP contribution < -0.4 is 10.1 Å². The van der Waals surface area contributed by atoms with Crippen LogP contribution in [-0.2, 0) is 11.4 Å². The molecule has 0 bridgehead atoms. The summed E-state index contributed by atoms with van der Waals surface area (Å²) in [6.45, 7) is 1.64. The van der Waals surface area contributed by atoms with E-state index >= 15 is 0 Å². The average molecular weight is 286 g/mol. The first-order valence-electron chi connectivity index (χ1n) is 6.28. The van der Waals surface area contributed by atoms with Crippen molar-refractivity contribution in [3.63, 3.8) is 0 Å². The molecule has 0 saturated carbocycles. The quantitative estimate of drug-likeness (QED) is 0.676. The maximum atomic E-state index is 11.0. The number of nitro groups is 1. The molecule has 0 aliphatic rings. The molecule has 6 heteroatoms. The number of carbonyl (C=O) groups excluding carboxylic acids is 1. The lowest BCUT2D eigenvalue weighted by molar-refractivity contribution is -0.384. The van der Waals surface area contributed by atoms with Crippen LogP contribution in [0.15, 0.2) is 48.5 Å². The van der Waals surface area contributed by atoms with Crippen molar-refractivity contribution in [2.75, 3.05) is 5.32 Å². The Morgan fingerprint density at radius 3 is 2.71 bits per heavy atom. The summed E-state index contributed by atoms with van der Waals surface area (Å²) in [6, 6.07) is 13.2. The van der Waals surface area contributed by atoms with Gasteiger partial charge < -0.3 is 10.1 Å². The van der Waals surface area contributed by atoms with Crippen LogP contribution in [0.25, 0.3) is 0 Å². The molecule has 0 atom stereocenters. The van der Waals surface area contributed by atoms with Crippen molar-refractivity contribution in [3.05, 3.63) is 64.2 Å². The van der Waals surface area contributed by atoms with Crippen molar-refractivity contribution in [2.45, 2.75) is 13.5 Å². The first-order valence-corrected chi connectivity index (χ1v) is 6.28. The molecule has 0 aliphatic heterocycles. The van der Waals surface area contributed by atoms with E-state index in [-0.39, 0.29) is 18.2 Å². The van der Waals surface area contributed by atoms with Crippen molar-refractivity contribution >= 4 is 17.3 Å². The van der Waals surface area contributed by atoms with Crippen LogP contribution in [0.5, 0.6) is 5.75 Å². The highest BCUT2D eigenvalue weighted by atomic mass is 16.6. The van der Waals surface area contributed by atoms with E-state index in [2.05, 4.69) is 5.32 Å². The Labute approximate surface area is 121 Å². The van der Waals surface area contributed by atoms with Crippen molar-refractivity contribution < 1.29 is 14.5 Å². The second kappa shape index (κ2) is 6.51. The van der Waals surface area contributed by atoms with Gasteiger partial charge in [0.2, 0.25) is 5.91 Å². The summed E-state index contributed by atoms with van der Waals surface area (Å²) < 4.78 is 5.58. The van der Waals surface area contributed by atoms with E-state index in [1.165, 1.54) is 19.1 Å². The molecule has 2 aromatic rings. The molecule has 108 valence electrons. The number of non-ortho nitro benzene ring substituents is 1. The molecular formula is C15H14N2O4. The summed E-state index contributed by atoms with van der Waals surface area (Å²) in [6.07, 6.45) is 0. The van der Waals surface area contributed by atoms with E-state index in [0.717, 1.165) is 0 Å². The topological polar surface area (TPSA) is 81.5 Å². The summed E-state index contributed by atoms with van der Waals surface area (Å²) >= 11 is 0. The van der Waals surface area contributed by atoms with Gasteiger partial charge in [0, 0.05) is 30.8 Å². The van der Waals surface area contributed by atoms with Crippen molar-refractivity contribution in [1.29, 1.82) is 0 Å². The van der Waals surface area contributed by atoms with Crippen molar-refractivity contribution in [2.24, 2.45) is 0 Å². The molecule has 1 amide bonds. The zero-order chi connectivity index (χ0) is 15.2. The van der Waals surface area contributed by atoms with Crippen LogP contribution in [0.1, 0.15) is 12.5 Å². The highest BCUT2D eigenvalue weighted by molar-refractivity contribution is 5.88. The summed E-state index contributed by atoms with van der Waals surface area (Å²) in [4.78, 5) is 21.2. The third kappa shape index (κ3) is 4.31. The van der Waals surface area contributed by atoms with Gasteiger partial charge in [-0.1, -0.05) is 18.2 Å². The highest BCUT2D eigenvalue weighted by Gasteiger charge is 2.06. The van der Waals surface area contributed by atoms with E-state index in [9.17, 15) is 14.9 Å². The number of anilines is 1. The van der Waals surface area contributed by atoms with Gasteiger partial charge in [-0.2, -0.15) is 0 Å². The minimum Gasteiger partial charge on any atom is -0.489 e. The Morgan fingerprint density at radius 1 is 1.24 bits per heavy atom. The van der Waals surface area contributed by atoms with E-state index in [0.29, 0.717) is 17.0 Å². The number of rotatable bonds is 5. The van der Waals surface area contributed by atoms with Gasteiger partial charge in [0.25, 0.3) is 5.69 Å². The predicted molar refractivity (Wildman–Crippen MR) is 78.2 cm³/mol. The fraction of sp³-hybridized carbons (Fsp3) is 0.133. The Hall–Kier alpha value is -2.89. The van der Waals surface area contributed by atoms with Crippen LogP contribution in [0.3, 0.4) is 0 Å². The smallest absolute Gasteiger partial charge is 0.269 e. The second-order valence-electron chi connectivity index (χ2n) is 4.42. The van der Waals surface area contributed by atoms with Gasteiger partial charge >= 0.3 is 0 Å². The van der Waals surface area contributed by atoms with Gasteiger partial charge in [-0.25, -0.2) is 0 Å². The largest absolute Gasteiger partial charge is 0.489 e. The molecule has 0 fully saturated rings. The summed E-state index contributed by atoms with van der Waals surface area (Å²) in [5.74, 6) is 0.415. The van der Waals surface area contributed by atoms with Crippen LogP contribution in [0, 0.1) is 10.1 Å². The van der Waals surface area contributed by atoms with Gasteiger partial charge in [-0.3, -0.25) is 14.9 Å². The fourth-order valence-electron chi connectivity index (χ4n) is 1.79. The molecule has 0 aliphatic carbocycles. The number of nitrogens with zero attached hydrogens (tertiary/aromatic N) is 1. The van der Waals surface area contributed by atoms with Gasteiger partial charge in [0.05, 0.1) is 4.92 Å². The van der Waals surface area contributed by atoms with E-state index in [1.54, 1.807) is 36.4 Å². The summed E-state index contributed by atoms with van der Waals surface area (Å²) in [5.41, 5.74) is 1.37. The Balaban J connectivity index is 2.04. The SMILES string of the molecule is CC(=O)Nc1cccc(OCc2cccc([N+](=O)[O-])c2)c1. The van der Waals surface area contributed by atoms with Gasteiger partial charge in [0.1, 0.15) is 12.4 Å². The lowest BCUT2D eigenvalue weighted by Gasteiger charge is -2.08. The molecule has 21 heavy (non-hydrogen) atoms. The predicted octanol–water partition coefficient (Wildman–Crippen LogP) is 3.13. The van der Waals surface area contributed by atoms with Crippen LogP contribution in [0.2, 0.25) is 0 Å². The molecule has 2 rings (SSSR count). The normalized spacial score (nSPS) is 9.95. The molecular weight excluding hydrogens is 272 g/mol. The summed E-state index contributed by atoms with van der Waals surface area (Å²) in [5, 5.41) is 13.4. The average Bonchev–Trinajstić information content (AvgIpc) is 2.45. The first kappa shape index (κ1) is 14.5. The van der Waals surface area contributed by atoms with E-state index in [4.69, 9.17) is 4.74 Å². The Morgan fingerprint density at radius 2 is 2.00 bits per heavy atom. The molecule has 2 aromatic carbocycles. The number of hydrogen-bond acceptors (Lipinski definition) is 4. The molecule has 0 unspecified atom stereocenters. The number of hydrogen-bond donors (Lipinski definition) is 1. The minimum atomic E-state index is -0.444. The first-order chi connectivity index (χ1) is 10.0. The molecule has 0 radical (unpaired) electrons. The van der Waals surface area contributed by atoms with Crippen LogP contribution in [-0.4, -0.2) is 10.8 Å². The second-order valence-corrected chi connectivity index (χ2v) is 4.42. The summed E-state index contributed by atoms with van der Waals surface area (Å²) in [7, 11) is 0. The molecule has 0 spiro atoms. The van der Waals surface area contributed by atoms with Gasteiger partial charge in [0.15, 0.2) is 0 Å². The number of carbonyl (C=O) groups is 1. The monoisotopic (exact) mass is 286 g/mol. The number of ether oxygens (including phenoxy) is 1. The van der Waals surface area contributed by atoms with Crippen LogP contribution in [0.4, 0.5) is 11.4 Å².